The maximum atomic E-state index is 12.8. The number of amides is 1. The van der Waals surface area contributed by atoms with Crippen molar-refractivity contribution < 1.29 is 14.3 Å². The Labute approximate surface area is 174 Å². The molecule has 4 aromatic rings. The highest BCUT2D eigenvalue weighted by atomic mass is 16.5. The number of methoxy groups -OCH3 is 2. The van der Waals surface area contributed by atoms with E-state index in [1.165, 1.54) is 0 Å². The second-order valence-electron chi connectivity index (χ2n) is 7.53. The minimum absolute atomic E-state index is 0.237. The Morgan fingerprint density at radius 1 is 1.03 bits per heavy atom. The average Bonchev–Trinajstić information content (AvgIpc) is 3.07. The maximum Gasteiger partial charge on any atom is 0.256 e. The van der Waals surface area contributed by atoms with Crippen LogP contribution in [0.2, 0.25) is 0 Å². The molecular formula is C23H24N4O3. The van der Waals surface area contributed by atoms with Crippen molar-refractivity contribution in [1.82, 2.24) is 14.8 Å². The van der Waals surface area contributed by atoms with E-state index < -0.39 is 0 Å². The van der Waals surface area contributed by atoms with Crippen LogP contribution in [0.5, 0.6) is 11.5 Å². The molecule has 7 heteroatoms. The van der Waals surface area contributed by atoms with Crippen molar-refractivity contribution in [2.24, 2.45) is 5.92 Å². The van der Waals surface area contributed by atoms with Crippen LogP contribution in [0.25, 0.3) is 21.9 Å². The zero-order valence-corrected chi connectivity index (χ0v) is 17.5. The molecule has 0 aliphatic rings. The van der Waals surface area contributed by atoms with Crippen molar-refractivity contribution in [3.8, 4) is 11.5 Å². The van der Waals surface area contributed by atoms with E-state index in [4.69, 9.17) is 14.5 Å². The SMILES string of the molecule is COc1ccc(C(=O)Nc2nn(CC(C)C)c3nc4ccc(OC)cc4cc23)cc1. The van der Waals surface area contributed by atoms with Gasteiger partial charge in [0.15, 0.2) is 11.5 Å². The molecule has 2 aromatic heterocycles. The normalized spacial score (nSPS) is 11.2. The molecule has 0 fully saturated rings. The zero-order chi connectivity index (χ0) is 21.3. The van der Waals surface area contributed by atoms with E-state index >= 15 is 0 Å². The van der Waals surface area contributed by atoms with E-state index in [1.807, 2.05) is 28.9 Å². The van der Waals surface area contributed by atoms with E-state index in [-0.39, 0.29) is 5.91 Å². The smallest absolute Gasteiger partial charge is 0.256 e. The topological polar surface area (TPSA) is 78.3 Å². The molecule has 30 heavy (non-hydrogen) atoms. The molecule has 2 aromatic carbocycles. The number of hydrogen-bond acceptors (Lipinski definition) is 5. The fourth-order valence-electron chi connectivity index (χ4n) is 3.35. The highest BCUT2D eigenvalue weighted by Crippen LogP contribution is 2.29. The number of carbonyl (C=O) groups is 1. The highest BCUT2D eigenvalue weighted by Gasteiger charge is 2.17. The largest absolute Gasteiger partial charge is 0.497 e. The number of benzene rings is 2. The lowest BCUT2D eigenvalue weighted by Crippen LogP contribution is -2.13. The predicted octanol–water partition coefficient (Wildman–Crippen LogP) is 4.51. The molecule has 154 valence electrons. The van der Waals surface area contributed by atoms with Crippen molar-refractivity contribution in [3.63, 3.8) is 0 Å². The summed E-state index contributed by atoms with van der Waals surface area (Å²) in [7, 11) is 3.23. The number of pyridine rings is 1. The monoisotopic (exact) mass is 404 g/mol. The van der Waals surface area contributed by atoms with Crippen LogP contribution in [0, 0.1) is 5.92 Å². The number of anilines is 1. The molecule has 1 amide bonds. The quantitative estimate of drug-likeness (QED) is 0.512. The molecule has 0 radical (unpaired) electrons. The highest BCUT2D eigenvalue weighted by molar-refractivity contribution is 6.09. The molecule has 0 aliphatic carbocycles. The Kier molecular flexibility index (Phi) is 5.27. The van der Waals surface area contributed by atoms with E-state index in [1.54, 1.807) is 38.5 Å². The first-order valence-corrected chi connectivity index (χ1v) is 9.79. The van der Waals surface area contributed by atoms with Gasteiger partial charge in [0.05, 0.1) is 25.1 Å². The number of rotatable bonds is 6. The summed E-state index contributed by atoms with van der Waals surface area (Å²) in [6, 6.07) is 14.7. The van der Waals surface area contributed by atoms with Crippen LogP contribution in [0.4, 0.5) is 5.82 Å². The van der Waals surface area contributed by atoms with Crippen molar-refractivity contribution in [1.29, 1.82) is 0 Å². The molecule has 1 N–H and O–H groups in total. The molecule has 0 atom stereocenters. The van der Waals surface area contributed by atoms with Gasteiger partial charge in [-0.1, -0.05) is 13.8 Å². The van der Waals surface area contributed by atoms with Gasteiger partial charge in [0.1, 0.15) is 11.5 Å². The van der Waals surface area contributed by atoms with Crippen LogP contribution in [-0.4, -0.2) is 34.9 Å². The third-order valence-electron chi connectivity index (χ3n) is 4.84. The minimum Gasteiger partial charge on any atom is -0.497 e. The molecule has 4 rings (SSSR count). The van der Waals surface area contributed by atoms with E-state index in [0.717, 1.165) is 27.7 Å². The van der Waals surface area contributed by atoms with Crippen LogP contribution >= 0.6 is 0 Å². The summed E-state index contributed by atoms with van der Waals surface area (Å²) in [5.41, 5.74) is 2.12. The van der Waals surface area contributed by atoms with Crippen LogP contribution in [-0.2, 0) is 6.54 Å². The van der Waals surface area contributed by atoms with Gasteiger partial charge < -0.3 is 14.8 Å². The van der Waals surface area contributed by atoms with Gasteiger partial charge in [0.2, 0.25) is 0 Å². The Balaban J connectivity index is 1.78. The van der Waals surface area contributed by atoms with Gasteiger partial charge in [-0.15, -0.1) is 0 Å². The van der Waals surface area contributed by atoms with Crippen molar-refractivity contribution in [3.05, 3.63) is 54.1 Å². The van der Waals surface area contributed by atoms with Gasteiger partial charge in [0, 0.05) is 17.5 Å². The first-order valence-electron chi connectivity index (χ1n) is 9.79. The Hall–Kier alpha value is -3.61. The second-order valence-corrected chi connectivity index (χ2v) is 7.53. The maximum absolute atomic E-state index is 12.8. The van der Waals surface area contributed by atoms with Gasteiger partial charge in [-0.3, -0.25) is 4.79 Å². The van der Waals surface area contributed by atoms with E-state index in [2.05, 4.69) is 24.3 Å². The number of nitrogens with one attached hydrogen (secondary N) is 1. The molecule has 0 saturated heterocycles. The van der Waals surface area contributed by atoms with Gasteiger partial charge in [-0.2, -0.15) is 5.10 Å². The third-order valence-corrected chi connectivity index (χ3v) is 4.84. The number of carbonyl (C=O) groups excluding carboxylic acids is 1. The predicted molar refractivity (Wildman–Crippen MR) is 117 cm³/mol. The number of nitrogens with zero attached hydrogens (tertiary/aromatic N) is 3. The fraction of sp³-hybridized carbons (Fsp3) is 0.261. The van der Waals surface area contributed by atoms with Crippen LogP contribution in [0.1, 0.15) is 24.2 Å². The molecule has 0 aliphatic heterocycles. The Morgan fingerprint density at radius 2 is 1.73 bits per heavy atom. The van der Waals surface area contributed by atoms with Crippen molar-refractivity contribution >= 4 is 33.7 Å². The van der Waals surface area contributed by atoms with Crippen LogP contribution in [0.3, 0.4) is 0 Å². The van der Waals surface area contributed by atoms with Crippen LogP contribution < -0.4 is 14.8 Å². The third kappa shape index (κ3) is 3.78. The molecule has 2 heterocycles. The van der Waals surface area contributed by atoms with Crippen molar-refractivity contribution in [2.45, 2.75) is 20.4 Å². The van der Waals surface area contributed by atoms with E-state index in [9.17, 15) is 4.79 Å². The van der Waals surface area contributed by atoms with Gasteiger partial charge in [0.25, 0.3) is 5.91 Å². The Morgan fingerprint density at radius 3 is 2.40 bits per heavy atom. The lowest BCUT2D eigenvalue weighted by molar-refractivity contribution is 0.102. The molecule has 0 saturated carbocycles. The standard InChI is InChI=1S/C23H24N4O3/c1-14(2)13-27-22-19(12-16-11-18(30-4)9-10-20(16)24-22)21(26-27)25-23(28)15-5-7-17(29-3)8-6-15/h5-12,14H,13H2,1-4H3,(H,25,26,28). The van der Waals surface area contributed by atoms with Gasteiger partial charge >= 0.3 is 0 Å². The second kappa shape index (κ2) is 8.02. The number of ether oxygens (including phenoxy) is 2. The van der Waals surface area contributed by atoms with Gasteiger partial charge in [-0.05, 0) is 54.4 Å². The summed E-state index contributed by atoms with van der Waals surface area (Å²) in [6.45, 7) is 4.94. The molecule has 0 spiro atoms. The van der Waals surface area contributed by atoms with E-state index in [0.29, 0.717) is 29.6 Å². The Bertz CT molecular complexity index is 1210. The number of fused-ring (bicyclic) bond motifs is 2. The summed E-state index contributed by atoms with van der Waals surface area (Å²) in [6.07, 6.45) is 0. The summed E-state index contributed by atoms with van der Waals surface area (Å²) >= 11 is 0. The number of hydrogen-bond donors (Lipinski definition) is 1. The zero-order valence-electron chi connectivity index (χ0n) is 17.5. The minimum atomic E-state index is -0.237. The summed E-state index contributed by atoms with van der Waals surface area (Å²) in [5.74, 6) is 2.08. The first kappa shape index (κ1) is 19.7. The lowest BCUT2D eigenvalue weighted by Gasteiger charge is -2.06. The van der Waals surface area contributed by atoms with Crippen LogP contribution in [0.15, 0.2) is 48.5 Å². The lowest BCUT2D eigenvalue weighted by atomic mass is 10.1. The molecule has 0 bridgehead atoms. The molecular weight excluding hydrogens is 380 g/mol. The van der Waals surface area contributed by atoms with Gasteiger partial charge in [-0.25, -0.2) is 9.67 Å². The summed E-state index contributed by atoms with van der Waals surface area (Å²) < 4.78 is 12.3. The molecule has 7 nitrogen and oxygen atoms in total. The summed E-state index contributed by atoms with van der Waals surface area (Å²) in [5, 5.41) is 9.32. The molecule has 0 unspecified atom stereocenters. The fourth-order valence-corrected chi connectivity index (χ4v) is 3.35. The average molecular weight is 404 g/mol. The number of aromatic nitrogens is 3. The summed E-state index contributed by atoms with van der Waals surface area (Å²) in [4.78, 5) is 17.6. The first-order chi connectivity index (χ1) is 14.5. The van der Waals surface area contributed by atoms with Crippen molar-refractivity contribution in [2.75, 3.05) is 19.5 Å².